The number of rotatable bonds is 6. The van der Waals surface area contributed by atoms with Crippen LogP contribution in [0, 0.1) is 0 Å². The van der Waals surface area contributed by atoms with Crippen LogP contribution in [0.25, 0.3) is 0 Å². The maximum absolute atomic E-state index is 5.50. The minimum absolute atomic E-state index is 0.527. The van der Waals surface area contributed by atoms with E-state index in [2.05, 4.69) is 0 Å². The highest BCUT2D eigenvalue weighted by Crippen LogP contribution is 1.91. The largest absolute Gasteiger partial charge is 0.298 e. The number of halogens is 2. The minimum atomic E-state index is 0.527. The van der Waals surface area contributed by atoms with Crippen LogP contribution in [-0.4, -0.2) is 36.5 Å². The Hall–Kier alpha value is 0.500. The lowest BCUT2D eigenvalue weighted by Gasteiger charge is -2.17. The molecule has 0 aliphatic rings. The van der Waals surface area contributed by atoms with E-state index in [1.54, 1.807) is 5.06 Å². The molecule has 0 fully saturated rings. The van der Waals surface area contributed by atoms with Crippen LogP contribution in [0.15, 0.2) is 0 Å². The van der Waals surface area contributed by atoms with Gasteiger partial charge in [0, 0.05) is 24.8 Å². The van der Waals surface area contributed by atoms with Crippen molar-refractivity contribution in [2.75, 3.05) is 31.5 Å². The van der Waals surface area contributed by atoms with Gasteiger partial charge in [0.2, 0.25) is 0 Å². The molecule has 0 heterocycles. The number of hydrogen-bond acceptors (Lipinski definition) is 2. The van der Waals surface area contributed by atoms with E-state index in [0.717, 1.165) is 13.1 Å². The quantitative estimate of drug-likeness (QED) is 0.462. The van der Waals surface area contributed by atoms with E-state index in [1.807, 2.05) is 6.92 Å². The Labute approximate surface area is 72.0 Å². The monoisotopic (exact) mass is 185 g/mol. The molecule has 0 aliphatic carbocycles. The first-order chi connectivity index (χ1) is 4.85. The molecule has 0 rings (SSSR count). The van der Waals surface area contributed by atoms with Crippen molar-refractivity contribution in [3.63, 3.8) is 0 Å². The van der Waals surface area contributed by atoms with Gasteiger partial charge < -0.3 is 0 Å². The summed E-state index contributed by atoms with van der Waals surface area (Å²) in [7, 11) is 0. The first kappa shape index (κ1) is 10.5. The van der Waals surface area contributed by atoms with Gasteiger partial charge in [-0.2, -0.15) is 5.06 Å². The maximum Gasteiger partial charge on any atom is 0.0820 e. The van der Waals surface area contributed by atoms with Crippen molar-refractivity contribution in [2.24, 2.45) is 0 Å². The predicted molar refractivity (Wildman–Crippen MR) is 44.6 cm³/mol. The topological polar surface area (TPSA) is 12.5 Å². The van der Waals surface area contributed by atoms with Crippen molar-refractivity contribution in [1.82, 2.24) is 5.06 Å². The highest BCUT2D eigenvalue weighted by atomic mass is 35.5. The summed E-state index contributed by atoms with van der Waals surface area (Å²) in [5.74, 6) is 1.12. The summed E-state index contributed by atoms with van der Waals surface area (Å²) in [6.07, 6.45) is 0. The van der Waals surface area contributed by atoms with Crippen LogP contribution in [0.1, 0.15) is 6.92 Å². The van der Waals surface area contributed by atoms with Crippen molar-refractivity contribution in [1.29, 1.82) is 0 Å². The third-order valence-electron chi connectivity index (χ3n) is 1.04. The van der Waals surface area contributed by atoms with Crippen molar-refractivity contribution in [3.05, 3.63) is 0 Å². The second kappa shape index (κ2) is 7.61. The highest BCUT2D eigenvalue weighted by molar-refractivity contribution is 6.18. The van der Waals surface area contributed by atoms with E-state index < -0.39 is 0 Å². The molecule has 0 unspecified atom stereocenters. The second-order valence-corrected chi connectivity index (χ2v) is 2.49. The number of nitrogens with zero attached hydrogens (tertiary/aromatic N) is 1. The molecule has 0 aromatic rings. The van der Waals surface area contributed by atoms with E-state index in [4.69, 9.17) is 28.0 Å². The van der Waals surface area contributed by atoms with Crippen molar-refractivity contribution in [3.8, 4) is 0 Å². The average molecular weight is 186 g/mol. The zero-order valence-corrected chi connectivity index (χ0v) is 7.66. The first-order valence-corrected chi connectivity index (χ1v) is 4.41. The predicted octanol–water partition coefficient (Wildman–Crippen LogP) is 1.72. The molecule has 2 nitrogen and oxygen atoms in total. The van der Waals surface area contributed by atoms with Gasteiger partial charge in [0.1, 0.15) is 0 Å². The molecule has 0 saturated carbocycles. The molecule has 0 spiro atoms. The van der Waals surface area contributed by atoms with Gasteiger partial charge in [-0.3, -0.25) is 4.84 Å². The summed E-state index contributed by atoms with van der Waals surface area (Å²) >= 11 is 10.9. The molecule has 10 heavy (non-hydrogen) atoms. The normalized spacial score (nSPS) is 10.8. The van der Waals surface area contributed by atoms with E-state index in [0.29, 0.717) is 18.4 Å². The molecular weight excluding hydrogens is 173 g/mol. The maximum atomic E-state index is 5.50. The summed E-state index contributed by atoms with van der Waals surface area (Å²) < 4.78 is 0. The number of hydrogen-bond donors (Lipinski definition) is 0. The Kier molecular flexibility index (Phi) is 7.99. The van der Waals surface area contributed by atoms with Gasteiger partial charge >= 0.3 is 0 Å². The molecule has 4 heteroatoms. The van der Waals surface area contributed by atoms with Gasteiger partial charge in [0.25, 0.3) is 0 Å². The second-order valence-electron chi connectivity index (χ2n) is 1.73. The van der Waals surface area contributed by atoms with Crippen LogP contribution < -0.4 is 0 Å². The van der Waals surface area contributed by atoms with E-state index >= 15 is 0 Å². The molecule has 0 N–H and O–H groups in total. The van der Waals surface area contributed by atoms with Gasteiger partial charge in [0.05, 0.1) is 6.61 Å². The van der Waals surface area contributed by atoms with Gasteiger partial charge in [-0.1, -0.05) is 6.92 Å². The Balaban J connectivity index is 3.21. The summed E-state index contributed by atoms with van der Waals surface area (Å²) in [6.45, 7) is 4.19. The SMILES string of the molecule is CCN(CCCl)OCCCl. The van der Waals surface area contributed by atoms with Crippen LogP contribution in [0.5, 0.6) is 0 Å². The number of hydroxylamine groups is 2. The first-order valence-electron chi connectivity index (χ1n) is 3.35. The van der Waals surface area contributed by atoms with E-state index in [-0.39, 0.29) is 0 Å². The molecule has 0 aromatic heterocycles. The Morgan fingerprint density at radius 2 is 2.00 bits per heavy atom. The summed E-state index contributed by atoms with van der Waals surface area (Å²) in [5, 5.41) is 1.80. The Morgan fingerprint density at radius 1 is 1.30 bits per heavy atom. The molecule has 0 bridgehead atoms. The average Bonchev–Trinajstić information content (AvgIpc) is 1.98. The number of alkyl halides is 2. The smallest absolute Gasteiger partial charge is 0.0820 e. The molecule has 0 aliphatic heterocycles. The van der Waals surface area contributed by atoms with Crippen LogP contribution in [0.3, 0.4) is 0 Å². The third-order valence-corrected chi connectivity index (χ3v) is 1.36. The van der Waals surface area contributed by atoms with Crippen molar-refractivity contribution in [2.45, 2.75) is 6.92 Å². The molecule has 0 radical (unpaired) electrons. The third kappa shape index (κ3) is 5.30. The fourth-order valence-corrected chi connectivity index (χ4v) is 0.829. The van der Waals surface area contributed by atoms with Gasteiger partial charge in [-0.25, -0.2) is 0 Å². The summed E-state index contributed by atoms with van der Waals surface area (Å²) in [6, 6.07) is 0. The molecule has 0 amide bonds. The van der Waals surface area contributed by atoms with Crippen LogP contribution in [0.2, 0.25) is 0 Å². The zero-order valence-electron chi connectivity index (χ0n) is 6.15. The molecule has 62 valence electrons. The van der Waals surface area contributed by atoms with Crippen LogP contribution in [0.4, 0.5) is 0 Å². The minimum Gasteiger partial charge on any atom is -0.298 e. The molecule has 0 atom stereocenters. The van der Waals surface area contributed by atoms with Crippen LogP contribution >= 0.6 is 23.2 Å². The fourth-order valence-electron chi connectivity index (χ4n) is 0.572. The fraction of sp³-hybridized carbons (Fsp3) is 1.00. The highest BCUT2D eigenvalue weighted by Gasteiger charge is 1.98. The lowest BCUT2D eigenvalue weighted by Crippen LogP contribution is -2.26. The van der Waals surface area contributed by atoms with Crippen molar-refractivity contribution >= 4 is 23.2 Å². The lowest BCUT2D eigenvalue weighted by molar-refractivity contribution is -0.146. The Bertz CT molecular complexity index is 72.8. The Morgan fingerprint density at radius 3 is 2.40 bits per heavy atom. The van der Waals surface area contributed by atoms with Gasteiger partial charge in [-0.05, 0) is 0 Å². The van der Waals surface area contributed by atoms with Crippen LogP contribution in [-0.2, 0) is 4.84 Å². The molecule has 0 aromatic carbocycles. The van der Waals surface area contributed by atoms with Gasteiger partial charge in [0.15, 0.2) is 0 Å². The zero-order chi connectivity index (χ0) is 7.82. The van der Waals surface area contributed by atoms with E-state index in [1.165, 1.54) is 0 Å². The molecular formula is C6H13Cl2NO. The summed E-state index contributed by atoms with van der Waals surface area (Å²) in [5.41, 5.74) is 0. The summed E-state index contributed by atoms with van der Waals surface area (Å²) in [4.78, 5) is 5.20. The van der Waals surface area contributed by atoms with Gasteiger partial charge in [-0.15, -0.1) is 23.2 Å². The van der Waals surface area contributed by atoms with E-state index in [9.17, 15) is 0 Å². The van der Waals surface area contributed by atoms with Crippen molar-refractivity contribution < 1.29 is 4.84 Å². The standard InChI is InChI=1S/C6H13Cl2NO/c1-2-9(5-3-7)10-6-4-8/h2-6H2,1H3. The molecule has 0 saturated heterocycles. The lowest BCUT2D eigenvalue weighted by atomic mass is 10.6.